The highest BCUT2D eigenvalue weighted by molar-refractivity contribution is 6.31. The largest absolute Gasteiger partial charge is 0.494 e. The lowest BCUT2D eigenvalue weighted by Gasteiger charge is -2.17. The Kier molecular flexibility index (Phi) is 4.69. The van der Waals surface area contributed by atoms with E-state index in [1.165, 1.54) is 0 Å². The predicted octanol–water partition coefficient (Wildman–Crippen LogP) is 4.40. The average molecular weight is 290 g/mol. The summed E-state index contributed by atoms with van der Waals surface area (Å²) >= 11 is 6.13. The highest BCUT2D eigenvalue weighted by Crippen LogP contribution is 2.28. The van der Waals surface area contributed by atoms with Gasteiger partial charge in [0.15, 0.2) is 0 Å². The van der Waals surface area contributed by atoms with Crippen molar-refractivity contribution in [2.24, 2.45) is 5.73 Å². The molecule has 0 saturated heterocycles. The van der Waals surface area contributed by atoms with Crippen molar-refractivity contribution in [2.75, 3.05) is 6.61 Å². The van der Waals surface area contributed by atoms with Gasteiger partial charge in [-0.1, -0.05) is 29.8 Å². The Bertz CT molecular complexity index is 593. The molecule has 0 saturated carbocycles. The minimum absolute atomic E-state index is 0.151. The Hall–Kier alpha value is -1.51. The van der Waals surface area contributed by atoms with Gasteiger partial charge in [0, 0.05) is 5.02 Å². The van der Waals surface area contributed by atoms with Gasteiger partial charge in [-0.05, 0) is 61.2 Å². The molecule has 1 unspecified atom stereocenters. The molecule has 0 aliphatic carbocycles. The second-order valence-electron chi connectivity index (χ2n) is 4.94. The monoisotopic (exact) mass is 289 g/mol. The third kappa shape index (κ3) is 3.14. The van der Waals surface area contributed by atoms with Gasteiger partial charge in [-0.2, -0.15) is 0 Å². The predicted molar refractivity (Wildman–Crippen MR) is 84.6 cm³/mol. The van der Waals surface area contributed by atoms with Gasteiger partial charge in [-0.15, -0.1) is 0 Å². The number of hydrogen-bond donors (Lipinski definition) is 1. The third-order valence-electron chi connectivity index (χ3n) is 3.43. The van der Waals surface area contributed by atoms with Crippen molar-refractivity contribution in [1.29, 1.82) is 0 Å². The van der Waals surface area contributed by atoms with Crippen LogP contribution < -0.4 is 10.5 Å². The maximum absolute atomic E-state index is 6.38. The van der Waals surface area contributed by atoms with Crippen LogP contribution in [0, 0.1) is 13.8 Å². The van der Waals surface area contributed by atoms with Crippen LogP contribution in [0.1, 0.15) is 35.2 Å². The first kappa shape index (κ1) is 14.9. The normalized spacial score (nSPS) is 12.2. The summed E-state index contributed by atoms with van der Waals surface area (Å²) in [7, 11) is 0. The number of halogens is 1. The van der Waals surface area contributed by atoms with Crippen LogP contribution in [-0.4, -0.2) is 6.61 Å². The molecule has 2 N–H and O–H groups in total. The number of hydrogen-bond acceptors (Lipinski definition) is 2. The minimum Gasteiger partial charge on any atom is -0.494 e. The van der Waals surface area contributed by atoms with Crippen LogP contribution in [0.5, 0.6) is 5.75 Å². The van der Waals surface area contributed by atoms with E-state index in [0.29, 0.717) is 6.61 Å². The lowest BCUT2D eigenvalue weighted by molar-refractivity contribution is 0.340. The zero-order valence-electron chi connectivity index (χ0n) is 12.1. The topological polar surface area (TPSA) is 35.2 Å². The van der Waals surface area contributed by atoms with Gasteiger partial charge >= 0.3 is 0 Å². The van der Waals surface area contributed by atoms with Crippen LogP contribution in [0.3, 0.4) is 0 Å². The molecule has 3 heteroatoms. The van der Waals surface area contributed by atoms with E-state index >= 15 is 0 Å². The Morgan fingerprint density at radius 2 is 1.75 bits per heavy atom. The first-order valence-electron chi connectivity index (χ1n) is 6.78. The molecular weight excluding hydrogens is 270 g/mol. The van der Waals surface area contributed by atoms with E-state index in [4.69, 9.17) is 22.1 Å². The molecule has 2 nitrogen and oxygen atoms in total. The summed E-state index contributed by atoms with van der Waals surface area (Å²) < 4.78 is 5.45. The maximum atomic E-state index is 6.38. The Balaban J connectivity index is 2.31. The van der Waals surface area contributed by atoms with Gasteiger partial charge < -0.3 is 10.5 Å². The molecule has 1 atom stereocenters. The zero-order valence-corrected chi connectivity index (χ0v) is 12.9. The van der Waals surface area contributed by atoms with Crippen LogP contribution in [-0.2, 0) is 0 Å². The maximum Gasteiger partial charge on any atom is 0.119 e. The lowest BCUT2D eigenvalue weighted by atomic mass is 9.94. The highest BCUT2D eigenvalue weighted by atomic mass is 35.5. The fraction of sp³-hybridized carbons (Fsp3) is 0.294. The smallest absolute Gasteiger partial charge is 0.119 e. The zero-order chi connectivity index (χ0) is 14.7. The summed E-state index contributed by atoms with van der Waals surface area (Å²) in [6.07, 6.45) is 0. The van der Waals surface area contributed by atoms with E-state index in [2.05, 4.69) is 6.07 Å². The van der Waals surface area contributed by atoms with E-state index in [0.717, 1.165) is 33.0 Å². The molecule has 20 heavy (non-hydrogen) atoms. The first-order chi connectivity index (χ1) is 9.52. The van der Waals surface area contributed by atoms with Crippen LogP contribution in [0.15, 0.2) is 36.4 Å². The highest BCUT2D eigenvalue weighted by Gasteiger charge is 2.13. The summed E-state index contributed by atoms with van der Waals surface area (Å²) in [6, 6.07) is 11.8. The molecule has 0 amide bonds. The van der Waals surface area contributed by atoms with Crippen molar-refractivity contribution in [1.82, 2.24) is 0 Å². The number of rotatable bonds is 4. The summed E-state index contributed by atoms with van der Waals surface area (Å²) in [5, 5.41) is 0.783. The van der Waals surface area contributed by atoms with Gasteiger partial charge in [0.05, 0.1) is 12.6 Å². The van der Waals surface area contributed by atoms with Gasteiger partial charge in [-0.3, -0.25) is 0 Å². The van der Waals surface area contributed by atoms with E-state index in [9.17, 15) is 0 Å². The van der Waals surface area contributed by atoms with Crippen molar-refractivity contribution in [3.05, 3.63) is 63.7 Å². The van der Waals surface area contributed by atoms with Gasteiger partial charge in [-0.25, -0.2) is 0 Å². The van der Waals surface area contributed by atoms with E-state index in [1.807, 2.05) is 51.1 Å². The molecule has 0 spiro atoms. The fourth-order valence-electron chi connectivity index (χ4n) is 2.26. The van der Waals surface area contributed by atoms with Gasteiger partial charge in [0.1, 0.15) is 5.75 Å². The summed E-state index contributed by atoms with van der Waals surface area (Å²) in [5.41, 5.74) is 10.7. The third-order valence-corrected chi connectivity index (χ3v) is 3.84. The molecule has 0 aliphatic heterocycles. The van der Waals surface area contributed by atoms with Gasteiger partial charge in [0.2, 0.25) is 0 Å². The minimum atomic E-state index is -0.151. The molecule has 0 aromatic heterocycles. The summed E-state index contributed by atoms with van der Waals surface area (Å²) in [6.45, 7) is 6.67. The number of ether oxygens (including phenoxy) is 1. The van der Waals surface area contributed by atoms with Crippen molar-refractivity contribution in [3.8, 4) is 5.75 Å². The average Bonchev–Trinajstić information content (AvgIpc) is 2.43. The summed E-state index contributed by atoms with van der Waals surface area (Å²) in [5.74, 6) is 0.868. The standard InChI is InChI=1S/C17H20ClNO/c1-4-20-14-7-5-13(6-8-14)17(19)15-9-12(3)16(18)10-11(15)2/h5-10,17H,4,19H2,1-3H3. The molecule has 0 bridgehead atoms. The van der Waals surface area contributed by atoms with Crippen LogP contribution in [0.4, 0.5) is 0 Å². The fourth-order valence-corrected chi connectivity index (χ4v) is 2.47. The van der Waals surface area contributed by atoms with Crippen LogP contribution in [0.2, 0.25) is 5.02 Å². The molecule has 0 fully saturated rings. The molecular formula is C17H20ClNO. The Labute approximate surface area is 125 Å². The van der Waals surface area contributed by atoms with E-state index in [1.54, 1.807) is 0 Å². The molecule has 2 aromatic rings. The van der Waals surface area contributed by atoms with Crippen LogP contribution in [0.25, 0.3) is 0 Å². The molecule has 0 aliphatic rings. The number of aryl methyl sites for hydroxylation is 2. The van der Waals surface area contributed by atoms with Crippen molar-refractivity contribution >= 4 is 11.6 Å². The molecule has 2 aromatic carbocycles. The quantitative estimate of drug-likeness (QED) is 0.905. The van der Waals surface area contributed by atoms with Crippen LogP contribution >= 0.6 is 11.6 Å². The van der Waals surface area contributed by atoms with Crippen molar-refractivity contribution in [3.63, 3.8) is 0 Å². The SMILES string of the molecule is CCOc1ccc(C(N)c2cc(C)c(Cl)cc2C)cc1. The lowest BCUT2D eigenvalue weighted by Crippen LogP contribution is -2.13. The summed E-state index contributed by atoms with van der Waals surface area (Å²) in [4.78, 5) is 0. The molecule has 0 radical (unpaired) electrons. The van der Waals surface area contributed by atoms with Crippen molar-refractivity contribution in [2.45, 2.75) is 26.8 Å². The Morgan fingerprint density at radius 3 is 2.35 bits per heavy atom. The number of nitrogens with two attached hydrogens (primary N) is 1. The Morgan fingerprint density at radius 1 is 1.10 bits per heavy atom. The second-order valence-corrected chi connectivity index (χ2v) is 5.34. The molecule has 0 heterocycles. The van der Waals surface area contributed by atoms with Crippen molar-refractivity contribution < 1.29 is 4.74 Å². The molecule has 106 valence electrons. The first-order valence-corrected chi connectivity index (χ1v) is 7.15. The second kappa shape index (κ2) is 6.29. The van der Waals surface area contributed by atoms with E-state index in [-0.39, 0.29) is 6.04 Å². The van der Waals surface area contributed by atoms with Gasteiger partial charge in [0.25, 0.3) is 0 Å². The molecule has 2 rings (SSSR count). The van der Waals surface area contributed by atoms with E-state index < -0.39 is 0 Å². The number of benzene rings is 2.